The predicted molar refractivity (Wildman–Crippen MR) is 88.4 cm³/mol. The lowest BCUT2D eigenvalue weighted by atomic mass is 9.92. The Labute approximate surface area is 141 Å². The number of amides is 1. The Kier molecular flexibility index (Phi) is 7.30. The van der Waals surface area contributed by atoms with Gasteiger partial charge < -0.3 is 10.1 Å². The van der Waals surface area contributed by atoms with Crippen LogP contribution in [0.5, 0.6) is 0 Å². The van der Waals surface area contributed by atoms with Gasteiger partial charge in [0.1, 0.15) is 17.6 Å². The zero-order chi connectivity index (χ0) is 18.3. The molecule has 1 atom stereocenters. The number of ketones is 2. The molecule has 1 aromatic rings. The van der Waals surface area contributed by atoms with Crippen LogP contribution in [0, 0.1) is 5.92 Å². The van der Waals surface area contributed by atoms with Gasteiger partial charge in [0.15, 0.2) is 0 Å². The number of hydrogen-bond acceptors (Lipinski definition) is 5. The summed E-state index contributed by atoms with van der Waals surface area (Å²) in [5.74, 6) is -2.78. The molecule has 1 unspecified atom stereocenters. The van der Waals surface area contributed by atoms with Crippen molar-refractivity contribution in [2.75, 3.05) is 0 Å². The van der Waals surface area contributed by atoms with Gasteiger partial charge in [0.2, 0.25) is 0 Å². The number of rotatable bonds is 8. The molecule has 0 aliphatic heterocycles. The van der Waals surface area contributed by atoms with Gasteiger partial charge in [-0.3, -0.25) is 14.4 Å². The second-order valence-corrected chi connectivity index (χ2v) is 5.89. The number of hydrogen-bond donors (Lipinski definition) is 1. The van der Waals surface area contributed by atoms with Crippen LogP contribution >= 0.6 is 0 Å². The van der Waals surface area contributed by atoms with Crippen LogP contribution in [0.4, 0.5) is 0 Å². The number of Topliss-reactive ketones (excluding diaryl/α,β-unsaturated/α-hetero) is 2. The number of nitrogens with one attached hydrogen (secondary N) is 1. The summed E-state index contributed by atoms with van der Waals surface area (Å²) in [4.78, 5) is 47.8. The van der Waals surface area contributed by atoms with Crippen LogP contribution in [0.2, 0.25) is 0 Å². The van der Waals surface area contributed by atoms with Gasteiger partial charge in [-0.2, -0.15) is 0 Å². The van der Waals surface area contributed by atoms with Crippen LogP contribution in [0.1, 0.15) is 44.5 Å². The number of benzene rings is 1. The van der Waals surface area contributed by atoms with Crippen LogP contribution in [-0.2, 0) is 19.1 Å². The topological polar surface area (TPSA) is 89.5 Å². The minimum atomic E-state index is -1.07. The van der Waals surface area contributed by atoms with Gasteiger partial charge in [-0.1, -0.05) is 18.2 Å². The lowest BCUT2D eigenvalue weighted by Crippen LogP contribution is -2.45. The highest BCUT2D eigenvalue weighted by Gasteiger charge is 2.31. The first-order valence-corrected chi connectivity index (χ1v) is 7.79. The maximum atomic E-state index is 12.3. The van der Waals surface area contributed by atoms with Gasteiger partial charge in [0.05, 0.1) is 12.0 Å². The normalized spacial score (nSPS) is 11.9. The zero-order valence-corrected chi connectivity index (χ0v) is 14.4. The summed E-state index contributed by atoms with van der Waals surface area (Å²) in [6.07, 6.45) is -0.490. The third-order valence-corrected chi connectivity index (χ3v) is 3.43. The third kappa shape index (κ3) is 5.95. The van der Waals surface area contributed by atoms with E-state index >= 15 is 0 Å². The minimum Gasteiger partial charge on any atom is -0.461 e. The summed E-state index contributed by atoms with van der Waals surface area (Å²) < 4.78 is 5.13. The molecule has 1 aromatic carbocycles. The van der Waals surface area contributed by atoms with Crippen molar-refractivity contribution in [2.24, 2.45) is 5.92 Å². The van der Waals surface area contributed by atoms with E-state index < -0.39 is 23.8 Å². The van der Waals surface area contributed by atoms with Gasteiger partial charge in [-0.25, -0.2) is 4.79 Å². The summed E-state index contributed by atoms with van der Waals surface area (Å²) in [6.45, 7) is 5.94. The number of ether oxygens (including phenoxy) is 1. The Morgan fingerprint density at radius 1 is 1.00 bits per heavy atom. The summed E-state index contributed by atoms with van der Waals surface area (Å²) in [7, 11) is 0. The van der Waals surface area contributed by atoms with E-state index in [9.17, 15) is 19.2 Å². The molecule has 0 aliphatic rings. The number of carbonyl (C=O) groups is 4. The van der Waals surface area contributed by atoms with Crippen molar-refractivity contribution in [1.82, 2.24) is 5.32 Å². The SMILES string of the molecule is CC(=O)C(CC(NC(=O)c1ccccc1)C(=O)OC(C)C)C(C)=O. The number of carbonyl (C=O) groups excluding carboxylic acids is 4. The second kappa shape index (κ2) is 8.96. The molecule has 6 heteroatoms. The first-order chi connectivity index (χ1) is 11.2. The van der Waals surface area contributed by atoms with Crippen molar-refractivity contribution in [3.05, 3.63) is 35.9 Å². The molecular weight excluding hydrogens is 310 g/mol. The van der Waals surface area contributed by atoms with Crippen molar-refractivity contribution in [2.45, 2.75) is 46.3 Å². The van der Waals surface area contributed by atoms with Gasteiger partial charge in [0, 0.05) is 5.56 Å². The highest BCUT2D eigenvalue weighted by molar-refractivity contribution is 6.01. The summed E-state index contributed by atoms with van der Waals surface area (Å²) >= 11 is 0. The molecule has 24 heavy (non-hydrogen) atoms. The van der Waals surface area contributed by atoms with Gasteiger partial charge in [-0.15, -0.1) is 0 Å². The van der Waals surface area contributed by atoms with Crippen molar-refractivity contribution < 1.29 is 23.9 Å². The highest BCUT2D eigenvalue weighted by Crippen LogP contribution is 2.13. The molecule has 0 saturated carbocycles. The average molecular weight is 333 g/mol. The molecule has 0 aromatic heterocycles. The van der Waals surface area contributed by atoms with Crippen LogP contribution in [0.3, 0.4) is 0 Å². The average Bonchev–Trinajstić information content (AvgIpc) is 2.50. The molecule has 0 fully saturated rings. The van der Waals surface area contributed by atoms with E-state index in [-0.39, 0.29) is 24.1 Å². The fourth-order valence-corrected chi connectivity index (χ4v) is 2.21. The summed E-state index contributed by atoms with van der Waals surface area (Å²) in [6, 6.07) is 7.30. The quantitative estimate of drug-likeness (QED) is 0.580. The zero-order valence-electron chi connectivity index (χ0n) is 14.4. The highest BCUT2D eigenvalue weighted by atomic mass is 16.5. The molecule has 0 bridgehead atoms. The molecule has 0 aliphatic carbocycles. The molecule has 0 spiro atoms. The lowest BCUT2D eigenvalue weighted by Gasteiger charge is -2.22. The van der Waals surface area contributed by atoms with Crippen LogP contribution in [-0.4, -0.2) is 35.6 Å². The van der Waals surface area contributed by atoms with Crippen molar-refractivity contribution in [3.8, 4) is 0 Å². The molecule has 130 valence electrons. The van der Waals surface area contributed by atoms with E-state index in [4.69, 9.17) is 4.74 Å². The van der Waals surface area contributed by atoms with E-state index in [1.807, 2.05) is 0 Å². The van der Waals surface area contributed by atoms with Crippen LogP contribution < -0.4 is 5.32 Å². The fourth-order valence-electron chi connectivity index (χ4n) is 2.21. The Bertz CT molecular complexity index is 595. The predicted octanol–water partition coefficient (Wildman–Crippen LogP) is 1.92. The largest absolute Gasteiger partial charge is 0.461 e. The Balaban J connectivity index is 2.96. The lowest BCUT2D eigenvalue weighted by molar-refractivity contribution is -0.150. The fraction of sp³-hybridized carbons (Fsp3) is 0.444. The minimum absolute atomic E-state index is 0.116. The Morgan fingerprint density at radius 3 is 2.00 bits per heavy atom. The summed E-state index contributed by atoms with van der Waals surface area (Å²) in [5, 5.41) is 2.56. The van der Waals surface area contributed by atoms with Gasteiger partial charge in [0.25, 0.3) is 5.91 Å². The first-order valence-electron chi connectivity index (χ1n) is 7.79. The Morgan fingerprint density at radius 2 is 1.54 bits per heavy atom. The van der Waals surface area contributed by atoms with Crippen molar-refractivity contribution in [3.63, 3.8) is 0 Å². The summed E-state index contributed by atoms with van der Waals surface area (Å²) in [5.41, 5.74) is 0.377. The van der Waals surface area contributed by atoms with E-state index in [1.165, 1.54) is 13.8 Å². The van der Waals surface area contributed by atoms with Crippen LogP contribution in [0.15, 0.2) is 30.3 Å². The van der Waals surface area contributed by atoms with Gasteiger partial charge in [-0.05, 0) is 46.2 Å². The second-order valence-electron chi connectivity index (χ2n) is 5.89. The standard InChI is InChI=1S/C18H23NO5/c1-11(2)24-18(23)16(10-15(12(3)20)13(4)21)19-17(22)14-8-6-5-7-9-14/h5-9,11,15-16H,10H2,1-4H3,(H,19,22). The number of esters is 1. The monoisotopic (exact) mass is 333 g/mol. The molecule has 6 nitrogen and oxygen atoms in total. The van der Waals surface area contributed by atoms with Crippen molar-refractivity contribution >= 4 is 23.4 Å². The maximum Gasteiger partial charge on any atom is 0.328 e. The van der Waals surface area contributed by atoms with E-state index in [0.29, 0.717) is 5.56 Å². The van der Waals surface area contributed by atoms with Crippen LogP contribution in [0.25, 0.3) is 0 Å². The van der Waals surface area contributed by atoms with E-state index in [2.05, 4.69) is 5.32 Å². The van der Waals surface area contributed by atoms with Gasteiger partial charge >= 0.3 is 5.97 Å². The molecule has 1 N–H and O–H groups in total. The molecule has 1 rings (SSSR count). The van der Waals surface area contributed by atoms with E-state index in [0.717, 1.165) is 0 Å². The Hall–Kier alpha value is -2.50. The molecule has 0 saturated heterocycles. The first kappa shape index (κ1) is 19.5. The molecular formula is C18H23NO5. The molecule has 1 amide bonds. The third-order valence-electron chi connectivity index (χ3n) is 3.43. The molecule has 0 radical (unpaired) electrons. The van der Waals surface area contributed by atoms with E-state index in [1.54, 1.807) is 44.2 Å². The van der Waals surface area contributed by atoms with Crippen molar-refractivity contribution in [1.29, 1.82) is 0 Å². The smallest absolute Gasteiger partial charge is 0.328 e. The molecule has 0 heterocycles. The maximum absolute atomic E-state index is 12.3.